The number of amides is 1. The number of carboxylic acids is 1. The van der Waals surface area contributed by atoms with E-state index in [1.807, 2.05) is 0 Å². The Labute approximate surface area is 118 Å². The summed E-state index contributed by atoms with van der Waals surface area (Å²) >= 11 is 3.02. The molecule has 1 aliphatic carbocycles. The minimum absolute atomic E-state index is 0.152. The molecular weight excluding hydrogens is 317 g/mol. The van der Waals surface area contributed by atoms with Crippen molar-refractivity contribution in [3.05, 3.63) is 34.1 Å². The molecule has 2 atom stereocenters. The van der Waals surface area contributed by atoms with Crippen LogP contribution in [0.5, 0.6) is 0 Å². The maximum atomic E-state index is 13.3. The predicted molar refractivity (Wildman–Crippen MR) is 70.3 cm³/mol. The molecule has 102 valence electrons. The van der Waals surface area contributed by atoms with Crippen LogP contribution in [0.1, 0.15) is 29.6 Å². The molecule has 0 radical (unpaired) electrons. The molecule has 6 heteroatoms. The molecule has 0 spiro atoms. The van der Waals surface area contributed by atoms with Crippen LogP contribution >= 0.6 is 15.9 Å². The molecule has 2 N–H and O–H groups in total. The second kappa shape index (κ2) is 5.69. The Kier molecular flexibility index (Phi) is 4.19. The highest BCUT2D eigenvalue weighted by molar-refractivity contribution is 9.10. The van der Waals surface area contributed by atoms with Crippen LogP contribution in [0, 0.1) is 11.7 Å². The molecule has 1 amide bonds. The Morgan fingerprint density at radius 2 is 2.11 bits per heavy atom. The Hall–Kier alpha value is -1.43. The van der Waals surface area contributed by atoms with Gasteiger partial charge in [-0.3, -0.25) is 9.59 Å². The van der Waals surface area contributed by atoms with Gasteiger partial charge in [-0.05, 0) is 53.4 Å². The highest BCUT2D eigenvalue weighted by atomic mass is 79.9. The maximum Gasteiger partial charge on any atom is 0.306 e. The molecule has 1 aromatic rings. The van der Waals surface area contributed by atoms with Gasteiger partial charge in [-0.2, -0.15) is 0 Å². The summed E-state index contributed by atoms with van der Waals surface area (Å²) in [5.41, 5.74) is 0.236. The molecule has 0 aliphatic heterocycles. The first kappa shape index (κ1) is 14.0. The average Bonchev–Trinajstić information content (AvgIpc) is 2.81. The van der Waals surface area contributed by atoms with Crippen molar-refractivity contribution in [2.45, 2.75) is 25.3 Å². The largest absolute Gasteiger partial charge is 0.481 e. The zero-order valence-corrected chi connectivity index (χ0v) is 11.6. The zero-order chi connectivity index (χ0) is 14.0. The van der Waals surface area contributed by atoms with E-state index in [1.165, 1.54) is 12.1 Å². The van der Waals surface area contributed by atoms with Gasteiger partial charge < -0.3 is 10.4 Å². The smallest absolute Gasteiger partial charge is 0.306 e. The lowest BCUT2D eigenvalue weighted by molar-refractivity contribution is -0.141. The maximum absolute atomic E-state index is 13.3. The van der Waals surface area contributed by atoms with E-state index in [9.17, 15) is 14.0 Å². The minimum atomic E-state index is -0.827. The topological polar surface area (TPSA) is 66.4 Å². The van der Waals surface area contributed by atoms with Crippen molar-refractivity contribution in [2.24, 2.45) is 5.92 Å². The molecule has 4 nitrogen and oxygen atoms in total. The SMILES string of the molecule is O=C(N[C@@H]1CC[C@H](C(=O)O)C1)c1ccc(Br)c(F)c1. The Bertz CT molecular complexity index is 521. The van der Waals surface area contributed by atoms with Gasteiger partial charge in [0.1, 0.15) is 5.82 Å². The van der Waals surface area contributed by atoms with Gasteiger partial charge in [0, 0.05) is 11.6 Å². The summed E-state index contributed by atoms with van der Waals surface area (Å²) in [6.07, 6.45) is 1.64. The van der Waals surface area contributed by atoms with Crippen LogP contribution in [-0.2, 0) is 4.79 Å². The number of carbonyl (C=O) groups is 2. The molecule has 0 unspecified atom stereocenters. The minimum Gasteiger partial charge on any atom is -0.481 e. The molecule has 1 fully saturated rings. The van der Waals surface area contributed by atoms with Crippen molar-refractivity contribution in [3.8, 4) is 0 Å². The normalized spacial score (nSPS) is 22.2. The van der Waals surface area contributed by atoms with Gasteiger partial charge >= 0.3 is 5.97 Å². The summed E-state index contributed by atoms with van der Waals surface area (Å²) in [4.78, 5) is 22.7. The predicted octanol–water partition coefficient (Wildman–Crippen LogP) is 2.57. The Balaban J connectivity index is 1.98. The molecule has 1 saturated carbocycles. The standard InChI is InChI=1S/C13H13BrFNO3/c14-10-4-2-7(6-11(10)15)12(17)16-9-3-1-8(5-9)13(18)19/h2,4,6,8-9H,1,3,5H2,(H,16,17)(H,18,19)/t8-,9+/m0/s1. The number of hydrogen-bond acceptors (Lipinski definition) is 2. The first-order valence-corrected chi connectivity index (χ1v) is 6.75. The molecule has 0 bridgehead atoms. The van der Waals surface area contributed by atoms with Gasteiger partial charge in [0.25, 0.3) is 5.91 Å². The highest BCUT2D eigenvalue weighted by Gasteiger charge is 2.30. The van der Waals surface area contributed by atoms with Crippen molar-refractivity contribution >= 4 is 27.8 Å². The zero-order valence-electron chi connectivity index (χ0n) is 10.0. The molecule has 0 aromatic heterocycles. The summed E-state index contributed by atoms with van der Waals surface area (Å²) in [5, 5.41) is 11.6. The third-order valence-electron chi connectivity index (χ3n) is 3.30. The number of carboxylic acid groups (broad SMARTS) is 1. The van der Waals surface area contributed by atoms with Crippen molar-refractivity contribution in [2.75, 3.05) is 0 Å². The van der Waals surface area contributed by atoms with Crippen LogP contribution in [-0.4, -0.2) is 23.0 Å². The number of rotatable bonds is 3. The van der Waals surface area contributed by atoms with Gasteiger partial charge in [-0.25, -0.2) is 4.39 Å². The highest BCUT2D eigenvalue weighted by Crippen LogP contribution is 2.26. The van der Waals surface area contributed by atoms with Crippen molar-refractivity contribution in [3.63, 3.8) is 0 Å². The first-order chi connectivity index (χ1) is 8.97. The molecule has 1 aliphatic rings. The lowest BCUT2D eigenvalue weighted by atomic mass is 10.1. The van der Waals surface area contributed by atoms with Crippen LogP contribution in [0.2, 0.25) is 0 Å². The number of halogens is 2. The van der Waals surface area contributed by atoms with E-state index >= 15 is 0 Å². The van der Waals surface area contributed by atoms with Crippen LogP contribution in [0.4, 0.5) is 4.39 Å². The number of carbonyl (C=O) groups excluding carboxylic acids is 1. The van der Waals surface area contributed by atoms with E-state index in [4.69, 9.17) is 5.11 Å². The Morgan fingerprint density at radius 3 is 2.68 bits per heavy atom. The van der Waals surface area contributed by atoms with E-state index in [2.05, 4.69) is 21.2 Å². The molecule has 2 rings (SSSR count). The first-order valence-electron chi connectivity index (χ1n) is 5.96. The van der Waals surface area contributed by atoms with Gasteiger partial charge in [-0.15, -0.1) is 0 Å². The van der Waals surface area contributed by atoms with Gasteiger partial charge in [-0.1, -0.05) is 0 Å². The van der Waals surface area contributed by atoms with Crippen LogP contribution < -0.4 is 5.32 Å². The van der Waals surface area contributed by atoms with E-state index in [-0.39, 0.29) is 17.5 Å². The van der Waals surface area contributed by atoms with E-state index < -0.39 is 17.7 Å². The number of benzene rings is 1. The van der Waals surface area contributed by atoms with E-state index in [0.717, 1.165) is 6.07 Å². The summed E-state index contributed by atoms with van der Waals surface area (Å²) < 4.78 is 13.6. The van der Waals surface area contributed by atoms with Crippen molar-refractivity contribution in [1.82, 2.24) is 5.32 Å². The van der Waals surface area contributed by atoms with Crippen molar-refractivity contribution < 1.29 is 19.1 Å². The number of hydrogen-bond donors (Lipinski definition) is 2. The van der Waals surface area contributed by atoms with Crippen LogP contribution in [0.15, 0.2) is 22.7 Å². The number of nitrogens with one attached hydrogen (secondary N) is 1. The fraction of sp³-hybridized carbons (Fsp3) is 0.385. The summed E-state index contributed by atoms with van der Waals surface area (Å²) in [6.45, 7) is 0. The number of aliphatic carboxylic acids is 1. The monoisotopic (exact) mass is 329 g/mol. The molecular formula is C13H13BrFNO3. The van der Waals surface area contributed by atoms with E-state index in [1.54, 1.807) is 0 Å². The summed E-state index contributed by atoms with van der Waals surface area (Å²) in [5.74, 6) is -2.09. The third kappa shape index (κ3) is 3.32. The van der Waals surface area contributed by atoms with Gasteiger partial charge in [0.05, 0.1) is 10.4 Å². The molecule has 1 aromatic carbocycles. The summed E-state index contributed by atoms with van der Waals surface area (Å²) in [6, 6.07) is 3.99. The second-order valence-electron chi connectivity index (χ2n) is 4.65. The average molecular weight is 330 g/mol. The Morgan fingerprint density at radius 1 is 1.37 bits per heavy atom. The fourth-order valence-electron chi connectivity index (χ4n) is 2.24. The van der Waals surface area contributed by atoms with Gasteiger partial charge in [0.15, 0.2) is 0 Å². The molecule has 0 saturated heterocycles. The van der Waals surface area contributed by atoms with Crippen LogP contribution in [0.3, 0.4) is 0 Å². The summed E-state index contributed by atoms with van der Waals surface area (Å²) in [7, 11) is 0. The third-order valence-corrected chi connectivity index (χ3v) is 3.94. The quantitative estimate of drug-likeness (QED) is 0.895. The fourth-order valence-corrected chi connectivity index (χ4v) is 2.49. The second-order valence-corrected chi connectivity index (χ2v) is 5.50. The molecule has 0 heterocycles. The van der Waals surface area contributed by atoms with E-state index in [0.29, 0.717) is 23.7 Å². The lowest BCUT2D eigenvalue weighted by Crippen LogP contribution is -2.33. The lowest BCUT2D eigenvalue weighted by Gasteiger charge is -2.12. The van der Waals surface area contributed by atoms with Crippen molar-refractivity contribution in [1.29, 1.82) is 0 Å². The van der Waals surface area contributed by atoms with Gasteiger partial charge in [0.2, 0.25) is 0 Å². The molecule has 19 heavy (non-hydrogen) atoms. The van der Waals surface area contributed by atoms with Crippen LogP contribution in [0.25, 0.3) is 0 Å².